The van der Waals surface area contributed by atoms with E-state index in [0.29, 0.717) is 0 Å². The molecular weight excluding hydrogens is 221 g/mol. The summed E-state index contributed by atoms with van der Waals surface area (Å²) in [6.07, 6.45) is 3.50. The van der Waals surface area contributed by atoms with E-state index in [-0.39, 0.29) is 31.8 Å². The molecule has 2 heterocycles. The number of rotatable bonds is 1. The number of nitrogens with zero attached hydrogens (tertiary/aromatic N) is 1. The summed E-state index contributed by atoms with van der Waals surface area (Å²) in [6.45, 7) is 8.20. The van der Waals surface area contributed by atoms with Gasteiger partial charge in [0.1, 0.15) is 0 Å². The molecule has 0 bridgehead atoms. The minimum absolute atomic E-state index is 0. The summed E-state index contributed by atoms with van der Waals surface area (Å²) in [4.78, 5) is 3.98. The van der Waals surface area contributed by atoms with Crippen LogP contribution in [0, 0.1) is 0 Å². The Labute approximate surface area is 104 Å². The Kier molecular flexibility index (Phi) is 3.72. The molecule has 1 aliphatic heterocycles. The van der Waals surface area contributed by atoms with Crippen LogP contribution in [0.25, 0.3) is 0 Å². The lowest BCUT2D eigenvalue weighted by atomic mass is 9.80. The molecule has 5 heteroatoms. The first-order chi connectivity index (χ1) is 6.92. The second kappa shape index (κ2) is 4.39. The molecular formula is C11H18BNO2S. The zero-order chi connectivity index (χ0) is 11.1. The summed E-state index contributed by atoms with van der Waals surface area (Å²) in [7, 11) is -0.280. The van der Waals surface area contributed by atoms with Gasteiger partial charge in [0.25, 0.3) is 0 Å². The largest absolute Gasteiger partial charge is 0.494 e. The van der Waals surface area contributed by atoms with Crippen molar-refractivity contribution in [3.63, 3.8) is 0 Å². The van der Waals surface area contributed by atoms with Gasteiger partial charge in [0, 0.05) is 12.4 Å². The van der Waals surface area contributed by atoms with Gasteiger partial charge in [0.15, 0.2) is 0 Å². The van der Waals surface area contributed by atoms with Gasteiger partial charge in [-0.1, -0.05) is 0 Å². The maximum absolute atomic E-state index is 5.90. The lowest BCUT2D eigenvalue weighted by Crippen LogP contribution is -2.41. The first-order valence-corrected chi connectivity index (χ1v) is 5.18. The van der Waals surface area contributed by atoms with Crippen LogP contribution in [-0.4, -0.2) is 23.3 Å². The standard InChI is InChI=1S/C11H16BNO2.H2S/c1-10(2)11(3,4)15-12(14-10)9-5-7-13-8-6-9;/h5-8H,1-4H3;1H2. The minimum atomic E-state index is -0.280. The molecule has 0 saturated carbocycles. The van der Waals surface area contributed by atoms with E-state index in [1.165, 1.54) is 0 Å². The van der Waals surface area contributed by atoms with Gasteiger partial charge in [0.2, 0.25) is 0 Å². The topological polar surface area (TPSA) is 31.4 Å². The Balaban J connectivity index is 0.00000128. The van der Waals surface area contributed by atoms with Crippen LogP contribution in [-0.2, 0) is 9.31 Å². The maximum atomic E-state index is 5.90. The first-order valence-electron chi connectivity index (χ1n) is 5.18. The normalized spacial score (nSPS) is 21.6. The van der Waals surface area contributed by atoms with Crippen molar-refractivity contribution >= 4 is 26.1 Å². The van der Waals surface area contributed by atoms with Crippen molar-refractivity contribution < 1.29 is 9.31 Å². The fourth-order valence-electron chi connectivity index (χ4n) is 1.50. The quantitative estimate of drug-likeness (QED) is 0.696. The lowest BCUT2D eigenvalue weighted by Gasteiger charge is -2.32. The predicted octanol–water partition coefficient (Wildman–Crippen LogP) is 1.49. The highest BCUT2D eigenvalue weighted by molar-refractivity contribution is 7.59. The zero-order valence-corrected chi connectivity index (χ0v) is 11.2. The van der Waals surface area contributed by atoms with Crippen molar-refractivity contribution in [2.75, 3.05) is 0 Å². The molecule has 1 saturated heterocycles. The number of pyridine rings is 1. The fraction of sp³-hybridized carbons (Fsp3) is 0.545. The van der Waals surface area contributed by atoms with E-state index in [4.69, 9.17) is 9.31 Å². The van der Waals surface area contributed by atoms with Gasteiger partial charge in [-0.2, -0.15) is 13.5 Å². The van der Waals surface area contributed by atoms with Gasteiger partial charge < -0.3 is 9.31 Å². The lowest BCUT2D eigenvalue weighted by molar-refractivity contribution is 0.00578. The van der Waals surface area contributed by atoms with Gasteiger partial charge in [-0.05, 0) is 45.3 Å². The van der Waals surface area contributed by atoms with Crippen LogP contribution in [0.1, 0.15) is 27.7 Å². The highest BCUT2D eigenvalue weighted by atomic mass is 32.1. The number of hydrogen-bond acceptors (Lipinski definition) is 3. The summed E-state index contributed by atoms with van der Waals surface area (Å²) in [5.41, 5.74) is 0.464. The summed E-state index contributed by atoms with van der Waals surface area (Å²) in [5, 5.41) is 0. The summed E-state index contributed by atoms with van der Waals surface area (Å²) >= 11 is 0. The van der Waals surface area contributed by atoms with Crippen LogP contribution in [0.5, 0.6) is 0 Å². The summed E-state index contributed by atoms with van der Waals surface area (Å²) < 4.78 is 11.8. The molecule has 0 radical (unpaired) electrons. The van der Waals surface area contributed by atoms with Crippen molar-refractivity contribution in [1.82, 2.24) is 4.98 Å². The van der Waals surface area contributed by atoms with Gasteiger partial charge >= 0.3 is 7.12 Å². The SMILES string of the molecule is CC1(C)OB(c2ccncc2)OC1(C)C.S. The van der Waals surface area contributed by atoms with Crippen molar-refractivity contribution in [2.24, 2.45) is 0 Å². The van der Waals surface area contributed by atoms with Crippen LogP contribution < -0.4 is 5.46 Å². The molecule has 0 amide bonds. The van der Waals surface area contributed by atoms with E-state index in [0.717, 1.165) is 5.46 Å². The second-order valence-corrected chi connectivity index (χ2v) is 4.87. The average Bonchev–Trinajstić information content (AvgIpc) is 2.38. The van der Waals surface area contributed by atoms with Crippen molar-refractivity contribution in [3.05, 3.63) is 24.5 Å². The monoisotopic (exact) mass is 239 g/mol. The molecule has 0 aliphatic carbocycles. The summed E-state index contributed by atoms with van der Waals surface area (Å²) in [5.74, 6) is 0. The molecule has 16 heavy (non-hydrogen) atoms. The second-order valence-electron chi connectivity index (χ2n) is 4.87. The maximum Gasteiger partial charge on any atom is 0.494 e. The average molecular weight is 239 g/mol. The smallest absolute Gasteiger partial charge is 0.399 e. The van der Waals surface area contributed by atoms with Gasteiger partial charge in [0.05, 0.1) is 11.2 Å². The van der Waals surface area contributed by atoms with E-state index in [1.807, 2.05) is 39.8 Å². The van der Waals surface area contributed by atoms with E-state index in [9.17, 15) is 0 Å². The van der Waals surface area contributed by atoms with Gasteiger partial charge in [-0.15, -0.1) is 0 Å². The Hall–Kier alpha value is -0.515. The summed E-state index contributed by atoms with van der Waals surface area (Å²) in [6, 6.07) is 3.84. The Morgan fingerprint density at radius 1 is 1.00 bits per heavy atom. The number of hydrogen-bond donors (Lipinski definition) is 0. The van der Waals surface area contributed by atoms with E-state index < -0.39 is 0 Å². The van der Waals surface area contributed by atoms with Crippen LogP contribution in [0.15, 0.2) is 24.5 Å². The molecule has 1 fully saturated rings. The molecule has 0 N–H and O–H groups in total. The molecule has 1 aromatic heterocycles. The van der Waals surface area contributed by atoms with Crippen LogP contribution in [0.3, 0.4) is 0 Å². The minimum Gasteiger partial charge on any atom is -0.399 e. The van der Waals surface area contributed by atoms with Crippen molar-refractivity contribution in [2.45, 2.75) is 38.9 Å². The molecule has 0 atom stereocenters. The van der Waals surface area contributed by atoms with Crippen LogP contribution >= 0.6 is 13.5 Å². The molecule has 0 unspecified atom stereocenters. The van der Waals surface area contributed by atoms with Crippen LogP contribution in [0.4, 0.5) is 0 Å². The molecule has 0 aromatic carbocycles. The third kappa shape index (κ3) is 2.26. The first kappa shape index (κ1) is 13.5. The van der Waals surface area contributed by atoms with Gasteiger partial charge in [-0.3, -0.25) is 4.98 Å². The fourth-order valence-corrected chi connectivity index (χ4v) is 1.50. The van der Waals surface area contributed by atoms with Crippen molar-refractivity contribution in [3.8, 4) is 0 Å². The van der Waals surface area contributed by atoms with Gasteiger partial charge in [-0.25, -0.2) is 0 Å². The Morgan fingerprint density at radius 2 is 1.44 bits per heavy atom. The van der Waals surface area contributed by atoms with E-state index in [2.05, 4.69) is 4.98 Å². The Bertz CT molecular complexity index is 340. The van der Waals surface area contributed by atoms with Crippen LogP contribution in [0.2, 0.25) is 0 Å². The molecule has 1 aliphatic rings. The molecule has 1 aromatic rings. The third-order valence-electron chi connectivity index (χ3n) is 3.23. The highest BCUT2D eigenvalue weighted by Gasteiger charge is 2.51. The predicted molar refractivity (Wildman–Crippen MR) is 70.3 cm³/mol. The number of aromatic nitrogens is 1. The zero-order valence-electron chi connectivity index (χ0n) is 10.2. The molecule has 3 nitrogen and oxygen atoms in total. The highest BCUT2D eigenvalue weighted by Crippen LogP contribution is 2.36. The third-order valence-corrected chi connectivity index (χ3v) is 3.23. The van der Waals surface area contributed by atoms with Crippen molar-refractivity contribution in [1.29, 1.82) is 0 Å². The van der Waals surface area contributed by atoms with E-state index in [1.54, 1.807) is 12.4 Å². The van der Waals surface area contributed by atoms with E-state index >= 15 is 0 Å². The molecule has 2 rings (SSSR count). The molecule has 88 valence electrons. The molecule has 0 spiro atoms. The Morgan fingerprint density at radius 3 is 1.88 bits per heavy atom.